The first kappa shape index (κ1) is 18.4. The van der Waals surface area contributed by atoms with Crippen molar-refractivity contribution in [2.45, 2.75) is 0 Å². The van der Waals surface area contributed by atoms with Crippen LogP contribution in [0.25, 0.3) is 6.08 Å². The molecule has 0 fully saturated rings. The highest BCUT2D eigenvalue weighted by atomic mass is 35.5. The van der Waals surface area contributed by atoms with Crippen molar-refractivity contribution in [3.8, 4) is 0 Å². The van der Waals surface area contributed by atoms with Crippen LogP contribution in [0.4, 0.5) is 5.69 Å². The first-order chi connectivity index (χ1) is 13.1. The molecule has 0 bridgehead atoms. The molecule has 2 amide bonds. The van der Waals surface area contributed by atoms with E-state index in [0.29, 0.717) is 16.3 Å². The van der Waals surface area contributed by atoms with Crippen LogP contribution in [-0.2, 0) is 4.79 Å². The molecule has 0 heterocycles. The molecule has 0 spiro atoms. The highest BCUT2D eigenvalue weighted by molar-refractivity contribution is 6.31. The second-order valence-electron chi connectivity index (χ2n) is 5.75. The molecule has 0 aliphatic carbocycles. The lowest BCUT2D eigenvalue weighted by Crippen LogP contribution is -2.30. The molecule has 134 valence electrons. The minimum absolute atomic E-state index is 0.134. The second-order valence-corrected chi connectivity index (χ2v) is 6.19. The summed E-state index contributed by atoms with van der Waals surface area (Å²) in [5.41, 5.74) is 1.93. The van der Waals surface area contributed by atoms with Crippen LogP contribution in [0.3, 0.4) is 0 Å². The number of rotatable bonds is 5. The number of hydrogen-bond donors (Lipinski definition) is 2. The Morgan fingerprint density at radius 3 is 2.15 bits per heavy atom. The number of carbonyl (C=O) groups excluding carboxylic acids is 2. The maximum absolute atomic E-state index is 12.8. The van der Waals surface area contributed by atoms with Crippen molar-refractivity contribution in [2.24, 2.45) is 0 Å². The predicted octanol–water partition coefficient (Wildman–Crippen LogP) is 4.75. The normalized spacial score (nSPS) is 10.9. The summed E-state index contributed by atoms with van der Waals surface area (Å²) >= 11 is 5.97. The molecular formula is C22H17ClN2O2. The molecule has 0 aliphatic heterocycles. The number of anilines is 1. The molecule has 0 saturated heterocycles. The minimum atomic E-state index is -0.439. The second kappa shape index (κ2) is 8.83. The number of hydrogen-bond acceptors (Lipinski definition) is 2. The molecule has 3 aromatic rings. The van der Waals surface area contributed by atoms with Crippen molar-refractivity contribution in [1.82, 2.24) is 5.32 Å². The predicted molar refractivity (Wildman–Crippen MR) is 108 cm³/mol. The maximum atomic E-state index is 12.8. The fourth-order valence-corrected chi connectivity index (χ4v) is 2.61. The van der Waals surface area contributed by atoms with Crippen molar-refractivity contribution < 1.29 is 9.59 Å². The number of nitrogens with one attached hydrogen (secondary N) is 2. The highest BCUT2D eigenvalue weighted by Crippen LogP contribution is 2.16. The van der Waals surface area contributed by atoms with E-state index in [0.717, 1.165) is 5.56 Å². The van der Waals surface area contributed by atoms with E-state index in [2.05, 4.69) is 10.6 Å². The summed E-state index contributed by atoms with van der Waals surface area (Å²) in [5, 5.41) is 5.96. The van der Waals surface area contributed by atoms with Crippen LogP contribution >= 0.6 is 11.6 Å². The zero-order valence-corrected chi connectivity index (χ0v) is 15.1. The number of benzene rings is 3. The number of carbonyl (C=O) groups is 2. The molecule has 0 atom stereocenters. The van der Waals surface area contributed by atoms with Gasteiger partial charge in [-0.15, -0.1) is 0 Å². The Kier molecular flexibility index (Phi) is 6.02. The smallest absolute Gasteiger partial charge is 0.272 e. The van der Waals surface area contributed by atoms with Crippen molar-refractivity contribution in [2.75, 3.05) is 5.32 Å². The zero-order chi connectivity index (χ0) is 19.1. The van der Waals surface area contributed by atoms with Crippen molar-refractivity contribution >= 4 is 35.2 Å². The Hall–Kier alpha value is -3.37. The van der Waals surface area contributed by atoms with Gasteiger partial charge in [0.05, 0.1) is 0 Å². The molecule has 2 N–H and O–H groups in total. The Labute approximate surface area is 162 Å². The van der Waals surface area contributed by atoms with Crippen LogP contribution in [0.15, 0.2) is 90.6 Å². The summed E-state index contributed by atoms with van der Waals surface area (Å²) in [6, 6.07) is 24.8. The summed E-state index contributed by atoms with van der Waals surface area (Å²) in [4.78, 5) is 25.3. The Bertz CT molecular complexity index is 970. The largest absolute Gasteiger partial charge is 0.321 e. The van der Waals surface area contributed by atoms with E-state index in [4.69, 9.17) is 11.6 Å². The topological polar surface area (TPSA) is 58.2 Å². The van der Waals surface area contributed by atoms with Gasteiger partial charge in [0.2, 0.25) is 0 Å². The number of amides is 2. The lowest BCUT2D eigenvalue weighted by Gasteiger charge is -2.11. The van der Waals surface area contributed by atoms with Gasteiger partial charge in [0.15, 0.2) is 0 Å². The van der Waals surface area contributed by atoms with Gasteiger partial charge < -0.3 is 10.6 Å². The van der Waals surface area contributed by atoms with Crippen LogP contribution in [0.1, 0.15) is 15.9 Å². The molecule has 0 radical (unpaired) electrons. The Balaban J connectivity index is 1.86. The molecule has 27 heavy (non-hydrogen) atoms. The van der Waals surface area contributed by atoms with Crippen LogP contribution < -0.4 is 10.6 Å². The standard InChI is InChI=1S/C22H17ClN2O2/c23-18-12-7-13-19(15-18)24-22(27)20(14-16-8-3-1-4-9-16)25-21(26)17-10-5-2-6-11-17/h1-15H,(H,24,27)(H,25,26)/b20-14-. The minimum Gasteiger partial charge on any atom is -0.321 e. The molecule has 0 aromatic heterocycles. The monoisotopic (exact) mass is 376 g/mol. The van der Waals surface area contributed by atoms with E-state index >= 15 is 0 Å². The van der Waals surface area contributed by atoms with Crippen LogP contribution in [0.5, 0.6) is 0 Å². The Morgan fingerprint density at radius 2 is 1.48 bits per heavy atom. The third-order valence-corrected chi connectivity index (χ3v) is 3.96. The molecule has 5 heteroatoms. The average Bonchev–Trinajstić information content (AvgIpc) is 2.69. The van der Waals surface area contributed by atoms with Gasteiger partial charge in [0, 0.05) is 16.3 Å². The van der Waals surface area contributed by atoms with Gasteiger partial charge in [-0.05, 0) is 42.0 Å². The fourth-order valence-electron chi connectivity index (χ4n) is 2.42. The first-order valence-corrected chi connectivity index (χ1v) is 8.70. The summed E-state index contributed by atoms with van der Waals surface area (Å²) in [7, 11) is 0. The van der Waals surface area contributed by atoms with Crippen LogP contribution in [-0.4, -0.2) is 11.8 Å². The Morgan fingerprint density at radius 1 is 0.815 bits per heavy atom. The summed E-state index contributed by atoms with van der Waals surface area (Å²) in [6.07, 6.45) is 1.63. The van der Waals surface area contributed by atoms with Gasteiger partial charge in [0.25, 0.3) is 11.8 Å². The van der Waals surface area contributed by atoms with Gasteiger partial charge in [-0.2, -0.15) is 0 Å². The van der Waals surface area contributed by atoms with E-state index in [1.165, 1.54) is 0 Å². The van der Waals surface area contributed by atoms with Crippen molar-refractivity contribution in [1.29, 1.82) is 0 Å². The summed E-state index contributed by atoms with van der Waals surface area (Å²) < 4.78 is 0. The third kappa shape index (κ3) is 5.30. The zero-order valence-electron chi connectivity index (χ0n) is 14.4. The quantitative estimate of drug-likeness (QED) is 0.631. The lowest BCUT2D eigenvalue weighted by molar-refractivity contribution is -0.113. The molecular weight excluding hydrogens is 360 g/mol. The highest BCUT2D eigenvalue weighted by Gasteiger charge is 2.15. The SMILES string of the molecule is O=C(Nc1cccc(Cl)c1)/C(=C/c1ccccc1)NC(=O)c1ccccc1. The molecule has 0 unspecified atom stereocenters. The van der Waals surface area contributed by atoms with Gasteiger partial charge in [-0.3, -0.25) is 9.59 Å². The number of halogens is 1. The van der Waals surface area contributed by atoms with Crippen molar-refractivity contribution in [3.05, 3.63) is 107 Å². The van der Waals surface area contributed by atoms with Crippen LogP contribution in [0, 0.1) is 0 Å². The molecule has 3 aromatic carbocycles. The van der Waals surface area contributed by atoms with Crippen molar-refractivity contribution in [3.63, 3.8) is 0 Å². The van der Waals surface area contributed by atoms with Gasteiger partial charge >= 0.3 is 0 Å². The molecule has 3 rings (SSSR count). The lowest BCUT2D eigenvalue weighted by atomic mass is 10.1. The summed E-state index contributed by atoms with van der Waals surface area (Å²) in [5.74, 6) is -0.801. The summed E-state index contributed by atoms with van der Waals surface area (Å²) in [6.45, 7) is 0. The first-order valence-electron chi connectivity index (χ1n) is 8.32. The van der Waals surface area contributed by atoms with Gasteiger partial charge in [-0.25, -0.2) is 0 Å². The fraction of sp³-hybridized carbons (Fsp3) is 0. The van der Waals surface area contributed by atoms with E-state index < -0.39 is 5.91 Å². The molecule has 0 saturated carbocycles. The third-order valence-electron chi connectivity index (χ3n) is 3.72. The van der Waals surface area contributed by atoms with E-state index in [-0.39, 0.29) is 11.6 Å². The van der Waals surface area contributed by atoms with E-state index in [1.807, 2.05) is 36.4 Å². The van der Waals surface area contributed by atoms with E-state index in [9.17, 15) is 9.59 Å². The van der Waals surface area contributed by atoms with Gasteiger partial charge in [-0.1, -0.05) is 66.2 Å². The molecule has 0 aliphatic rings. The van der Waals surface area contributed by atoms with E-state index in [1.54, 1.807) is 54.6 Å². The van der Waals surface area contributed by atoms with Gasteiger partial charge in [0.1, 0.15) is 5.70 Å². The maximum Gasteiger partial charge on any atom is 0.272 e. The van der Waals surface area contributed by atoms with Crippen LogP contribution in [0.2, 0.25) is 5.02 Å². The average molecular weight is 377 g/mol. The molecule has 4 nitrogen and oxygen atoms in total.